The number of nitrogens with one attached hydrogen (secondary N) is 1. The van der Waals surface area contributed by atoms with Crippen molar-refractivity contribution in [2.24, 2.45) is 0 Å². The van der Waals surface area contributed by atoms with Gasteiger partial charge in [-0.15, -0.1) is 0 Å². The molecule has 1 fully saturated rings. The van der Waals surface area contributed by atoms with Crippen LogP contribution in [0.1, 0.15) is 31.4 Å². The molecular weight excluding hydrogens is 296 g/mol. The van der Waals surface area contributed by atoms with E-state index in [1.807, 2.05) is 12.1 Å². The van der Waals surface area contributed by atoms with Crippen LogP contribution in [0.5, 0.6) is 0 Å². The van der Waals surface area contributed by atoms with Crippen LogP contribution in [0.3, 0.4) is 0 Å². The van der Waals surface area contributed by atoms with E-state index in [4.69, 9.17) is 4.74 Å². The zero-order valence-corrected chi connectivity index (χ0v) is 11.8. The van der Waals surface area contributed by atoms with E-state index in [9.17, 15) is 4.79 Å². The highest BCUT2D eigenvalue weighted by molar-refractivity contribution is 9.10. The molecule has 0 saturated carbocycles. The van der Waals surface area contributed by atoms with E-state index in [1.165, 1.54) is 0 Å². The van der Waals surface area contributed by atoms with Gasteiger partial charge in [0.1, 0.15) is 0 Å². The van der Waals surface area contributed by atoms with Crippen molar-refractivity contribution in [2.45, 2.75) is 38.3 Å². The maximum atomic E-state index is 11.7. The SMILES string of the molecule is O=C(CCC1CCCO1)NCc1cc(Br)ccn1. The Balaban J connectivity index is 1.68. The molecule has 4 nitrogen and oxygen atoms in total. The van der Waals surface area contributed by atoms with Gasteiger partial charge in [-0.1, -0.05) is 15.9 Å². The molecule has 1 aliphatic heterocycles. The van der Waals surface area contributed by atoms with Gasteiger partial charge in [0.15, 0.2) is 0 Å². The number of amides is 1. The highest BCUT2D eigenvalue weighted by atomic mass is 79.9. The molecule has 18 heavy (non-hydrogen) atoms. The van der Waals surface area contributed by atoms with Crippen molar-refractivity contribution in [2.75, 3.05) is 6.61 Å². The Hall–Kier alpha value is -0.940. The third-order valence-corrected chi connectivity index (χ3v) is 3.46. The predicted octanol–water partition coefficient (Wildman–Crippen LogP) is 2.42. The molecule has 1 N–H and O–H groups in total. The lowest BCUT2D eigenvalue weighted by atomic mass is 10.1. The molecule has 0 spiro atoms. The molecular formula is C13H17BrN2O2. The molecule has 2 rings (SSSR count). The third-order valence-electron chi connectivity index (χ3n) is 2.96. The Labute approximate surface area is 115 Å². The Morgan fingerprint density at radius 1 is 1.61 bits per heavy atom. The van der Waals surface area contributed by atoms with Crippen molar-refractivity contribution in [3.63, 3.8) is 0 Å². The molecule has 2 heterocycles. The number of nitrogens with zero attached hydrogens (tertiary/aromatic N) is 1. The quantitative estimate of drug-likeness (QED) is 0.908. The Morgan fingerprint density at radius 3 is 3.22 bits per heavy atom. The van der Waals surface area contributed by atoms with E-state index >= 15 is 0 Å². The van der Waals surface area contributed by atoms with Crippen molar-refractivity contribution in [1.82, 2.24) is 10.3 Å². The second-order valence-electron chi connectivity index (χ2n) is 4.42. The van der Waals surface area contributed by atoms with Gasteiger partial charge in [0, 0.05) is 23.7 Å². The monoisotopic (exact) mass is 312 g/mol. The van der Waals surface area contributed by atoms with Crippen LogP contribution in [-0.4, -0.2) is 23.6 Å². The smallest absolute Gasteiger partial charge is 0.220 e. The summed E-state index contributed by atoms with van der Waals surface area (Å²) in [6.07, 6.45) is 5.54. The fourth-order valence-corrected chi connectivity index (χ4v) is 2.37. The molecule has 1 aliphatic rings. The number of carbonyl (C=O) groups is 1. The van der Waals surface area contributed by atoms with Gasteiger partial charge < -0.3 is 10.1 Å². The number of carbonyl (C=O) groups excluding carboxylic acids is 1. The highest BCUT2D eigenvalue weighted by Gasteiger charge is 2.16. The molecule has 1 aromatic heterocycles. The summed E-state index contributed by atoms with van der Waals surface area (Å²) in [6, 6.07) is 3.77. The van der Waals surface area contributed by atoms with Crippen molar-refractivity contribution in [3.8, 4) is 0 Å². The summed E-state index contributed by atoms with van der Waals surface area (Å²) >= 11 is 3.38. The Bertz CT molecular complexity index is 406. The second-order valence-corrected chi connectivity index (χ2v) is 5.33. The summed E-state index contributed by atoms with van der Waals surface area (Å²) in [5.74, 6) is 0.0623. The van der Waals surface area contributed by atoms with Crippen molar-refractivity contribution >= 4 is 21.8 Å². The van der Waals surface area contributed by atoms with E-state index in [-0.39, 0.29) is 12.0 Å². The summed E-state index contributed by atoms with van der Waals surface area (Å²) in [5.41, 5.74) is 0.856. The van der Waals surface area contributed by atoms with Gasteiger partial charge in [0.25, 0.3) is 0 Å². The standard InChI is InChI=1S/C13H17BrN2O2/c14-10-5-6-15-11(8-10)9-16-13(17)4-3-12-2-1-7-18-12/h5-6,8,12H,1-4,7,9H2,(H,16,17). The molecule has 98 valence electrons. The third kappa shape index (κ3) is 4.38. The van der Waals surface area contributed by atoms with E-state index in [0.29, 0.717) is 13.0 Å². The number of halogens is 1. The molecule has 5 heteroatoms. The average Bonchev–Trinajstić information content (AvgIpc) is 2.87. The number of pyridine rings is 1. The number of hydrogen-bond donors (Lipinski definition) is 1. The molecule has 1 aromatic rings. The maximum absolute atomic E-state index is 11.7. The summed E-state index contributed by atoms with van der Waals surface area (Å²) in [4.78, 5) is 15.8. The lowest BCUT2D eigenvalue weighted by molar-refractivity contribution is -0.121. The lowest BCUT2D eigenvalue weighted by Gasteiger charge is -2.09. The van der Waals surface area contributed by atoms with Gasteiger partial charge in [-0.2, -0.15) is 0 Å². The Morgan fingerprint density at radius 2 is 2.50 bits per heavy atom. The van der Waals surface area contributed by atoms with Gasteiger partial charge in [-0.25, -0.2) is 0 Å². The summed E-state index contributed by atoms with van der Waals surface area (Å²) < 4.78 is 6.46. The Kier molecular flexibility index (Phi) is 5.13. The molecule has 0 aromatic carbocycles. The van der Waals surface area contributed by atoms with Crippen LogP contribution in [0.2, 0.25) is 0 Å². The molecule has 1 atom stereocenters. The van der Waals surface area contributed by atoms with Crippen LogP contribution < -0.4 is 5.32 Å². The van der Waals surface area contributed by atoms with Crippen LogP contribution >= 0.6 is 15.9 Å². The number of rotatable bonds is 5. The van der Waals surface area contributed by atoms with Gasteiger partial charge in [-0.3, -0.25) is 9.78 Å². The number of hydrogen-bond acceptors (Lipinski definition) is 3. The zero-order valence-electron chi connectivity index (χ0n) is 10.2. The average molecular weight is 313 g/mol. The van der Waals surface area contributed by atoms with Crippen LogP contribution in [-0.2, 0) is 16.1 Å². The minimum atomic E-state index is 0.0623. The minimum absolute atomic E-state index is 0.0623. The lowest BCUT2D eigenvalue weighted by Crippen LogP contribution is -2.24. The van der Waals surface area contributed by atoms with Gasteiger partial charge in [0.2, 0.25) is 5.91 Å². The van der Waals surface area contributed by atoms with Crippen molar-refractivity contribution in [3.05, 3.63) is 28.5 Å². The molecule has 0 bridgehead atoms. The summed E-state index contributed by atoms with van der Waals surface area (Å²) in [6.45, 7) is 1.32. The van der Waals surface area contributed by atoms with Gasteiger partial charge >= 0.3 is 0 Å². The van der Waals surface area contributed by atoms with Crippen molar-refractivity contribution in [1.29, 1.82) is 0 Å². The molecule has 1 saturated heterocycles. The van der Waals surface area contributed by atoms with Gasteiger partial charge in [-0.05, 0) is 31.4 Å². The first-order valence-corrected chi connectivity index (χ1v) is 7.02. The van der Waals surface area contributed by atoms with Crippen molar-refractivity contribution < 1.29 is 9.53 Å². The fourth-order valence-electron chi connectivity index (χ4n) is 1.99. The predicted molar refractivity (Wildman–Crippen MR) is 72.0 cm³/mol. The molecule has 1 amide bonds. The minimum Gasteiger partial charge on any atom is -0.378 e. The molecule has 0 aliphatic carbocycles. The molecule has 0 radical (unpaired) electrons. The van der Waals surface area contributed by atoms with E-state index in [0.717, 1.165) is 36.0 Å². The first-order chi connectivity index (χ1) is 8.74. The fraction of sp³-hybridized carbons (Fsp3) is 0.538. The largest absolute Gasteiger partial charge is 0.378 e. The van der Waals surface area contributed by atoms with Crippen LogP contribution in [0, 0.1) is 0 Å². The van der Waals surface area contributed by atoms with Gasteiger partial charge in [0.05, 0.1) is 18.3 Å². The second kappa shape index (κ2) is 6.85. The number of ether oxygens (including phenoxy) is 1. The maximum Gasteiger partial charge on any atom is 0.220 e. The van der Waals surface area contributed by atoms with Crippen LogP contribution in [0.4, 0.5) is 0 Å². The topological polar surface area (TPSA) is 51.2 Å². The zero-order chi connectivity index (χ0) is 12.8. The highest BCUT2D eigenvalue weighted by Crippen LogP contribution is 2.16. The number of aromatic nitrogens is 1. The normalized spacial score (nSPS) is 18.8. The first kappa shape index (κ1) is 13.5. The molecule has 1 unspecified atom stereocenters. The summed E-state index contributed by atoms with van der Waals surface area (Å²) in [7, 11) is 0. The van der Waals surface area contributed by atoms with E-state index < -0.39 is 0 Å². The van der Waals surface area contributed by atoms with E-state index in [1.54, 1.807) is 6.20 Å². The first-order valence-electron chi connectivity index (χ1n) is 6.23. The summed E-state index contributed by atoms with van der Waals surface area (Å²) in [5, 5.41) is 2.87. The van der Waals surface area contributed by atoms with E-state index in [2.05, 4.69) is 26.2 Å². The van der Waals surface area contributed by atoms with Crippen LogP contribution in [0.25, 0.3) is 0 Å². The van der Waals surface area contributed by atoms with Crippen LogP contribution in [0.15, 0.2) is 22.8 Å².